The Labute approximate surface area is 231 Å². The number of nitrogens with zero attached hydrogens (tertiary/aromatic N) is 6. The van der Waals surface area contributed by atoms with Gasteiger partial charge in [0.1, 0.15) is 24.1 Å². The number of amides is 2. The van der Waals surface area contributed by atoms with Gasteiger partial charge < -0.3 is 24.1 Å². The zero-order valence-corrected chi connectivity index (χ0v) is 23.6. The van der Waals surface area contributed by atoms with Gasteiger partial charge in [0.2, 0.25) is 11.7 Å². The van der Waals surface area contributed by atoms with Crippen LogP contribution in [-0.4, -0.2) is 86.8 Å². The number of piperazine rings is 1. The molecule has 0 radical (unpaired) electrons. The third kappa shape index (κ3) is 7.03. The van der Waals surface area contributed by atoms with E-state index in [1.54, 1.807) is 9.80 Å². The molecule has 2 aliphatic rings. The molecule has 0 bridgehead atoms. The Morgan fingerprint density at radius 3 is 2.54 bits per heavy atom. The van der Waals surface area contributed by atoms with Crippen molar-refractivity contribution in [3.63, 3.8) is 0 Å². The van der Waals surface area contributed by atoms with Crippen LogP contribution in [0.5, 0.6) is 0 Å². The molecule has 4 rings (SSSR count). The lowest BCUT2D eigenvalue weighted by atomic mass is 10.0. The second-order valence-electron chi connectivity index (χ2n) is 10.5. The number of rotatable bonds is 5. The first-order valence-electron chi connectivity index (χ1n) is 12.8. The molecule has 12 heteroatoms. The van der Waals surface area contributed by atoms with Crippen LogP contribution in [0.2, 0.25) is 0 Å². The molecule has 2 atom stereocenters. The molecular formula is C27H34N6O5S. The first kappa shape index (κ1) is 28.3. The maximum atomic E-state index is 12.9. The van der Waals surface area contributed by atoms with Gasteiger partial charge in [-0.3, -0.25) is 9.11 Å². The molecule has 1 unspecified atom stereocenters. The van der Waals surface area contributed by atoms with Crippen molar-refractivity contribution >= 4 is 28.8 Å². The summed E-state index contributed by atoms with van der Waals surface area (Å²) in [5, 5.41) is 0.182. The molecule has 2 aliphatic heterocycles. The predicted molar refractivity (Wildman–Crippen MR) is 146 cm³/mol. The Bertz CT molecular complexity index is 1280. The van der Waals surface area contributed by atoms with Crippen molar-refractivity contribution in [2.24, 2.45) is 0 Å². The van der Waals surface area contributed by atoms with E-state index in [1.807, 2.05) is 56.0 Å². The average molecular weight is 555 g/mol. The number of hydrogen-bond donors (Lipinski definition) is 0. The Balaban J connectivity index is 1.53. The molecule has 0 spiro atoms. The molecule has 208 valence electrons. The number of fused-ring (bicyclic) bond motifs is 1. The first-order valence-corrected chi connectivity index (χ1v) is 14.4. The van der Waals surface area contributed by atoms with E-state index in [0.29, 0.717) is 44.1 Å². The molecule has 0 saturated carbocycles. The van der Waals surface area contributed by atoms with E-state index in [-0.39, 0.29) is 24.9 Å². The molecule has 39 heavy (non-hydrogen) atoms. The summed E-state index contributed by atoms with van der Waals surface area (Å²) in [5.41, 5.74) is 1.78. The van der Waals surface area contributed by atoms with Crippen LogP contribution >= 0.6 is 0 Å². The quantitative estimate of drug-likeness (QED) is 0.409. The summed E-state index contributed by atoms with van der Waals surface area (Å²) in [6.07, 6.45) is 1.14. The highest BCUT2D eigenvalue weighted by atomic mass is 32.2. The summed E-state index contributed by atoms with van der Waals surface area (Å²) >= 11 is 0. The SMILES string of the molecule is [C-]#[N+]C[C@H]1CN(c2nc(S(C)=O)nc3c2CCN(C(=O)OC(C)(C)C)C3)CCN1C(=O)OCc1ccccc1. The van der Waals surface area contributed by atoms with Crippen molar-refractivity contribution in [3.8, 4) is 0 Å². The van der Waals surface area contributed by atoms with Crippen LogP contribution < -0.4 is 4.90 Å². The zero-order chi connectivity index (χ0) is 28.2. The molecule has 1 aromatic heterocycles. The summed E-state index contributed by atoms with van der Waals surface area (Å²) in [7, 11) is -1.44. The van der Waals surface area contributed by atoms with Gasteiger partial charge in [0.05, 0.1) is 23.0 Å². The maximum Gasteiger partial charge on any atom is 0.410 e. The lowest BCUT2D eigenvalue weighted by Gasteiger charge is -2.40. The van der Waals surface area contributed by atoms with Gasteiger partial charge in [-0.15, -0.1) is 0 Å². The van der Waals surface area contributed by atoms with E-state index in [9.17, 15) is 13.8 Å². The Kier molecular flexibility index (Phi) is 8.70. The van der Waals surface area contributed by atoms with Crippen molar-refractivity contribution in [3.05, 3.63) is 58.6 Å². The zero-order valence-electron chi connectivity index (χ0n) is 22.8. The normalized spacial score (nSPS) is 18.1. The fraction of sp³-hybridized carbons (Fsp3) is 0.519. The van der Waals surface area contributed by atoms with Gasteiger partial charge in [-0.2, -0.15) is 0 Å². The molecule has 11 nitrogen and oxygen atoms in total. The van der Waals surface area contributed by atoms with E-state index in [2.05, 4.69) is 14.8 Å². The topological polar surface area (TPSA) is 110 Å². The minimum Gasteiger partial charge on any atom is -0.445 e. The standard InChI is InChI=1S/C27H34N6O5S/c1-27(2,3)38-25(34)32-12-11-21-22(17-32)29-24(39(5)36)30-23(21)31-13-14-33(20(16-31)15-28-4)26(35)37-18-19-9-7-6-8-10-19/h6-10,20H,11-18H2,1-3,5H3/t20-,39?/m0/s1. The van der Waals surface area contributed by atoms with Crippen LogP contribution in [-0.2, 0) is 39.8 Å². The third-order valence-corrected chi connectivity index (χ3v) is 7.15. The number of aromatic nitrogens is 2. The minimum absolute atomic E-state index is 0.114. The van der Waals surface area contributed by atoms with E-state index in [1.165, 1.54) is 6.26 Å². The maximum absolute atomic E-state index is 12.9. The summed E-state index contributed by atoms with van der Waals surface area (Å²) in [4.78, 5) is 43.6. The molecule has 3 heterocycles. The highest BCUT2D eigenvalue weighted by Crippen LogP contribution is 2.30. The summed E-state index contributed by atoms with van der Waals surface area (Å²) in [5.74, 6) is 0.640. The monoisotopic (exact) mass is 554 g/mol. The van der Waals surface area contributed by atoms with Crippen LogP contribution in [0.25, 0.3) is 4.85 Å². The Morgan fingerprint density at radius 2 is 1.87 bits per heavy atom. The molecule has 2 amide bonds. The van der Waals surface area contributed by atoms with Crippen molar-refractivity contribution < 1.29 is 23.3 Å². The number of anilines is 1. The fourth-order valence-corrected chi connectivity index (χ4v) is 5.07. The predicted octanol–water partition coefficient (Wildman–Crippen LogP) is 3.25. The lowest BCUT2D eigenvalue weighted by molar-refractivity contribution is 0.0220. The van der Waals surface area contributed by atoms with Crippen LogP contribution in [0.15, 0.2) is 35.5 Å². The summed E-state index contributed by atoms with van der Waals surface area (Å²) < 4.78 is 23.5. The van der Waals surface area contributed by atoms with Gasteiger partial charge in [0, 0.05) is 38.0 Å². The summed E-state index contributed by atoms with van der Waals surface area (Å²) in [6.45, 7) is 15.0. The second kappa shape index (κ2) is 12.0. The third-order valence-electron chi connectivity index (χ3n) is 6.46. The van der Waals surface area contributed by atoms with Gasteiger partial charge in [0.15, 0.2) is 0 Å². The number of carbonyl (C=O) groups excluding carboxylic acids is 2. The van der Waals surface area contributed by atoms with Gasteiger partial charge >= 0.3 is 12.2 Å². The Hall–Kier alpha value is -3.72. The van der Waals surface area contributed by atoms with Crippen molar-refractivity contribution in [2.75, 3.05) is 43.9 Å². The number of ether oxygens (including phenoxy) is 2. The van der Waals surface area contributed by atoms with E-state index in [4.69, 9.17) is 16.0 Å². The van der Waals surface area contributed by atoms with Crippen LogP contribution in [0, 0.1) is 6.57 Å². The first-order chi connectivity index (χ1) is 18.6. The van der Waals surface area contributed by atoms with Gasteiger partial charge in [-0.25, -0.2) is 26.1 Å². The van der Waals surface area contributed by atoms with Crippen molar-refractivity contribution in [1.29, 1.82) is 0 Å². The van der Waals surface area contributed by atoms with Gasteiger partial charge in [0.25, 0.3) is 0 Å². The van der Waals surface area contributed by atoms with E-state index >= 15 is 0 Å². The van der Waals surface area contributed by atoms with Crippen molar-refractivity contribution in [1.82, 2.24) is 19.8 Å². The number of benzene rings is 1. The number of hydrogen-bond acceptors (Lipinski definition) is 8. The lowest BCUT2D eigenvalue weighted by Crippen LogP contribution is -2.57. The Morgan fingerprint density at radius 1 is 1.13 bits per heavy atom. The molecule has 0 N–H and O–H groups in total. The average Bonchev–Trinajstić information content (AvgIpc) is 2.90. The molecule has 0 aliphatic carbocycles. The minimum atomic E-state index is -1.44. The van der Waals surface area contributed by atoms with Crippen LogP contribution in [0.3, 0.4) is 0 Å². The van der Waals surface area contributed by atoms with Gasteiger partial charge in [-0.05, 0) is 32.8 Å². The van der Waals surface area contributed by atoms with Crippen molar-refractivity contribution in [2.45, 2.75) is 57.1 Å². The molecule has 1 fully saturated rings. The molecule has 2 aromatic rings. The number of carbonyl (C=O) groups is 2. The van der Waals surface area contributed by atoms with Gasteiger partial charge in [-0.1, -0.05) is 30.3 Å². The van der Waals surface area contributed by atoms with E-state index in [0.717, 1.165) is 11.1 Å². The van der Waals surface area contributed by atoms with E-state index < -0.39 is 34.6 Å². The highest BCUT2D eigenvalue weighted by Gasteiger charge is 2.37. The molecular weight excluding hydrogens is 520 g/mol. The largest absolute Gasteiger partial charge is 0.445 e. The smallest absolute Gasteiger partial charge is 0.410 e. The fourth-order valence-electron chi connectivity index (χ4n) is 4.61. The molecule has 1 saturated heterocycles. The van der Waals surface area contributed by atoms with Crippen LogP contribution in [0.4, 0.5) is 15.4 Å². The van der Waals surface area contributed by atoms with Crippen LogP contribution in [0.1, 0.15) is 37.6 Å². The molecule has 1 aromatic carbocycles. The highest BCUT2D eigenvalue weighted by molar-refractivity contribution is 7.84. The summed E-state index contributed by atoms with van der Waals surface area (Å²) in [6, 6.07) is 9.05. The second-order valence-corrected chi connectivity index (χ2v) is 11.8.